The minimum atomic E-state index is -3.49. The van der Waals surface area contributed by atoms with Crippen molar-refractivity contribution < 1.29 is 8.42 Å². The van der Waals surface area contributed by atoms with Gasteiger partial charge in [0.2, 0.25) is 10.0 Å². The SMILES string of the molecule is Cc1[nH]ncc1S(=O)(=O)N1CCNCC1CN. The molecule has 0 spiro atoms. The van der Waals surface area contributed by atoms with Gasteiger partial charge in [-0.25, -0.2) is 8.42 Å². The monoisotopic (exact) mass is 259 g/mol. The van der Waals surface area contributed by atoms with Crippen LogP contribution in [-0.2, 0) is 10.0 Å². The van der Waals surface area contributed by atoms with Crippen LogP contribution in [0.2, 0.25) is 0 Å². The number of aromatic amines is 1. The first kappa shape index (κ1) is 12.5. The highest BCUT2D eigenvalue weighted by Crippen LogP contribution is 2.20. The molecular weight excluding hydrogens is 242 g/mol. The summed E-state index contributed by atoms with van der Waals surface area (Å²) >= 11 is 0. The molecule has 0 amide bonds. The lowest BCUT2D eigenvalue weighted by atomic mass is 10.2. The van der Waals surface area contributed by atoms with Crippen molar-refractivity contribution in [3.63, 3.8) is 0 Å². The van der Waals surface area contributed by atoms with Gasteiger partial charge >= 0.3 is 0 Å². The van der Waals surface area contributed by atoms with Crippen LogP contribution in [0.15, 0.2) is 11.1 Å². The number of nitrogens with one attached hydrogen (secondary N) is 2. The molecule has 8 heteroatoms. The van der Waals surface area contributed by atoms with Crippen LogP contribution in [0.4, 0.5) is 0 Å². The molecule has 0 aromatic carbocycles. The molecule has 2 heterocycles. The van der Waals surface area contributed by atoms with Gasteiger partial charge in [0, 0.05) is 32.2 Å². The van der Waals surface area contributed by atoms with Gasteiger partial charge in [0.05, 0.1) is 11.9 Å². The number of hydrogen-bond donors (Lipinski definition) is 3. The average molecular weight is 259 g/mol. The van der Waals surface area contributed by atoms with Crippen molar-refractivity contribution >= 4 is 10.0 Å². The Labute approximate surface area is 100 Å². The van der Waals surface area contributed by atoms with E-state index >= 15 is 0 Å². The highest BCUT2D eigenvalue weighted by molar-refractivity contribution is 7.89. The molecule has 1 atom stereocenters. The zero-order chi connectivity index (χ0) is 12.5. The maximum Gasteiger partial charge on any atom is 0.246 e. The summed E-state index contributed by atoms with van der Waals surface area (Å²) in [7, 11) is -3.49. The third kappa shape index (κ3) is 2.21. The molecule has 0 saturated carbocycles. The molecule has 1 aliphatic heterocycles. The van der Waals surface area contributed by atoms with Crippen LogP contribution in [0.25, 0.3) is 0 Å². The van der Waals surface area contributed by atoms with E-state index in [1.54, 1.807) is 6.92 Å². The van der Waals surface area contributed by atoms with Gasteiger partial charge in [-0.15, -0.1) is 0 Å². The summed E-state index contributed by atoms with van der Waals surface area (Å²) in [5, 5.41) is 9.54. The standard InChI is InChI=1S/C9H17N5O2S/c1-7-9(6-12-13-7)17(15,16)14-3-2-11-5-8(14)4-10/h6,8,11H,2-5,10H2,1H3,(H,12,13). The van der Waals surface area contributed by atoms with Gasteiger partial charge in [0.15, 0.2) is 0 Å². The van der Waals surface area contributed by atoms with Crippen LogP contribution in [0.1, 0.15) is 5.69 Å². The summed E-state index contributed by atoms with van der Waals surface area (Å²) in [5.74, 6) is 0. The van der Waals surface area contributed by atoms with Crippen LogP contribution < -0.4 is 11.1 Å². The highest BCUT2D eigenvalue weighted by Gasteiger charge is 2.34. The summed E-state index contributed by atoms with van der Waals surface area (Å²) in [6.07, 6.45) is 1.35. The number of aromatic nitrogens is 2. The van der Waals surface area contributed by atoms with Crippen molar-refractivity contribution in [2.45, 2.75) is 17.9 Å². The molecular formula is C9H17N5O2S. The fraction of sp³-hybridized carbons (Fsp3) is 0.667. The van der Waals surface area contributed by atoms with E-state index in [-0.39, 0.29) is 10.9 Å². The van der Waals surface area contributed by atoms with E-state index in [1.807, 2.05) is 0 Å². The lowest BCUT2D eigenvalue weighted by Gasteiger charge is -2.34. The number of aryl methyl sites for hydroxylation is 1. The molecule has 1 aliphatic rings. The number of hydrogen-bond acceptors (Lipinski definition) is 5. The van der Waals surface area contributed by atoms with E-state index in [2.05, 4.69) is 15.5 Å². The molecule has 1 fully saturated rings. The average Bonchev–Trinajstić information content (AvgIpc) is 2.76. The van der Waals surface area contributed by atoms with E-state index in [0.717, 1.165) is 0 Å². The first-order valence-electron chi connectivity index (χ1n) is 5.50. The lowest BCUT2D eigenvalue weighted by molar-refractivity contribution is 0.272. The zero-order valence-corrected chi connectivity index (χ0v) is 10.5. The van der Waals surface area contributed by atoms with E-state index < -0.39 is 10.0 Å². The van der Waals surface area contributed by atoms with Crippen LogP contribution in [0, 0.1) is 6.92 Å². The van der Waals surface area contributed by atoms with Gasteiger partial charge in [0.1, 0.15) is 4.90 Å². The van der Waals surface area contributed by atoms with Crippen LogP contribution >= 0.6 is 0 Å². The Morgan fingerprint density at radius 2 is 2.41 bits per heavy atom. The van der Waals surface area contributed by atoms with Crippen molar-refractivity contribution in [1.29, 1.82) is 0 Å². The Balaban J connectivity index is 2.34. The quantitative estimate of drug-likeness (QED) is 0.622. The normalized spacial score (nSPS) is 22.8. The molecule has 4 N–H and O–H groups in total. The van der Waals surface area contributed by atoms with Crippen molar-refractivity contribution in [2.24, 2.45) is 5.73 Å². The second kappa shape index (κ2) is 4.73. The van der Waals surface area contributed by atoms with Crippen LogP contribution in [0.5, 0.6) is 0 Å². The number of sulfonamides is 1. The van der Waals surface area contributed by atoms with Crippen molar-refractivity contribution in [3.8, 4) is 0 Å². The maximum absolute atomic E-state index is 12.4. The summed E-state index contributed by atoms with van der Waals surface area (Å²) in [6.45, 7) is 3.68. The van der Waals surface area contributed by atoms with E-state index in [9.17, 15) is 8.42 Å². The van der Waals surface area contributed by atoms with Gasteiger partial charge < -0.3 is 11.1 Å². The third-order valence-electron chi connectivity index (χ3n) is 2.94. The van der Waals surface area contributed by atoms with E-state index in [4.69, 9.17) is 5.73 Å². The predicted molar refractivity (Wildman–Crippen MR) is 62.9 cm³/mol. The van der Waals surface area contributed by atoms with Crippen molar-refractivity contribution in [3.05, 3.63) is 11.9 Å². The van der Waals surface area contributed by atoms with Gasteiger partial charge in [-0.2, -0.15) is 9.40 Å². The molecule has 2 rings (SSSR count). The number of nitrogens with zero attached hydrogens (tertiary/aromatic N) is 2. The smallest absolute Gasteiger partial charge is 0.246 e. The summed E-state index contributed by atoms with van der Waals surface area (Å²) in [6, 6.07) is -0.192. The number of rotatable bonds is 3. The Bertz CT molecular complexity index is 483. The Kier molecular flexibility index (Phi) is 3.48. The van der Waals surface area contributed by atoms with Crippen LogP contribution in [-0.4, -0.2) is 55.1 Å². The zero-order valence-electron chi connectivity index (χ0n) is 9.68. The van der Waals surface area contributed by atoms with Gasteiger partial charge in [-0.3, -0.25) is 5.10 Å². The molecule has 96 valence electrons. The largest absolute Gasteiger partial charge is 0.329 e. The topological polar surface area (TPSA) is 104 Å². The maximum atomic E-state index is 12.4. The minimum Gasteiger partial charge on any atom is -0.329 e. The van der Waals surface area contributed by atoms with Crippen molar-refractivity contribution in [1.82, 2.24) is 19.8 Å². The van der Waals surface area contributed by atoms with Gasteiger partial charge in [0.25, 0.3) is 0 Å². The number of H-pyrrole nitrogens is 1. The third-order valence-corrected chi connectivity index (χ3v) is 5.00. The second-order valence-corrected chi connectivity index (χ2v) is 5.93. The highest BCUT2D eigenvalue weighted by atomic mass is 32.2. The molecule has 0 aliphatic carbocycles. The van der Waals surface area contributed by atoms with Crippen molar-refractivity contribution in [2.75, 3.05) is 26.2 Å². The minimum absolute atomic E-state index is 0.192. The van der Waals surface area contributed by atoms with E-state index in [0.29, 0.717) is 31.9 Å². The van der Waals surface area contributed by atoms with Gasteiger partial charge in [-0.05, 0) is 6.92 Å². The molecule has 1 aromatic rings. The fourth-order valence-electron chi connectivity index (χ4n) is 1.99. The van der Waals surface area contributed by atoms with E-state index in [1.165, 1.54) is 10.5 Å². The summed E-state index contributed by atoms with van der Waals surface area (Å²) in [5.41, 5.74) is 6.17. The molecule has 0 radical (unpaired) electrons. The molecule has 7 nitrogen and oxygen atoms in total. The molecule has 17 heavy (non-hydrogen) atoms. The molecule has 0 bridgehead atoms. The molecule has 1 unspecified atom stereocenters. The Morgan fingerprint density at radius 3 is 3.00 bits per heavy atom. The first-order valence-corrected chi connectivity index (χ1v) is 6.94. The number of nitrogens with two attached hydrogens (primary N) is 1. The number of piperazine rings is 1. The van der Waals surface area contributed by atoms with Gasteiger partial charge in [-0.1, -0.05) is 0 Å². The lowest BCUT2D eigenvalue weighted by Crippen LogP contribution is -2.56. The Hall–Kier alpha value is -0.960. The summed E-state index contributed by atoms with van der Waals surface area (Å²) in [4.78, 5) is 0.234. The summed E-state index contributed by atoms with van der Waals surface area (Å²) < 4.78 is 26.3. The Morgan fingerprint density at radius 1 is 1.65 bits per heavy atom. The predicted octanol–water partition coefficient (Wildman–Crippen LogP) is -1.36. The second-order valence-electron chi connectivity index (χ2n) is 4.07. The molecule has 1 saturated heterocycles. The van der Waals surface area contributed by atoms with Crippen LogP contribution in [0.3, 0.4) is 0 Å². The fourth-order valence-corrected chi connectivity index (χ4v) is 3.74. The first-order chi connectivity index (χ1) is 8.07. The molecule has 1 aromatic heterocycles.